The highest BCUT2D eigenvalue weighted by atomic mass is 32.2. The first kappa shape index (κ1) is 23.5. The van der Waals surface area contributed by atoms with Gasteiger partial charge >= 0.3 is 11.9 Å². The molecule has 0 bridgehead atoms. The molecule has 0 aliphatic heterocycles. The number of carbonyl (C=O) groups is 3. The lowest BCUT2D eigenvalue weighted by Crippen LogP contribution is -2.47. The van der Waals surface area contributed by atoms with Gasteiger partial charge in [-0.05, 0) is 45.6 Å². The Morgan fingerprint density at radius 2 is 1.88 bits per heavy atom. The molecule has 0 aliphatic rings. The number of hydrogen-bond donors (Lipinski definition) is 1. The van der Waals surface area contributed by atoms with E-state index in [-0.39, 0.29) is 24.8 Å². The number of carboxylic acid groups (broad SMARTS) is 1. The zero-order chi connectivity index (χ0) is 19.6. The standard InChI is InChI=1S/C18H31NO5S/c1-7-11-19(14(17(22)23)10-12-25-6)16(21)13(2)8-9-15(20)24-18(3,4)5/h7,13-14H,1,8-12H2,2-6H3,(H,22,23)/t13-,14-/m0/s1. The maximum absolute atomic E-state index is 12.7. The van der Waals surface area contributed by atoms with Gasteiger partial charge in [0.25, 0.3) is 0 Å². The predicted octanol–water partition coefficient (Wildman–Crippen LogP) is 2.97. The molecule has 6 nitrogen and oxygen atoms in total. The summed E-state index contributed by atoms with van der Waals surface area (Å²) in [7, 11) is 0. The van der Waals surface area contributed by atoms with Crippen LogP contribution in [0.4, 0.5) is 0 Å². The number of rotatable bonds is 11. The molecule has 0 radical (unpaired) electrons. The Morgan fingerprint density at radius 1 is 1.28 bits per heavy atom. The largest absolute Gasteiger partial charge is 0.480 e. The van der Waals surface area contributed by atoms with Crippen molar-refractivity contribution in [3.05, 3.63) is 12.7 Å². The molecule has 1 amide bonds. The molecule has 0 unspecified atom stereocenters. The van der Waals surface area contributed by atoms with Crippen LogP contribution in [-0.4, -0.2) is 58.0 Å². The van der Waals surface area contributed by atoms with Gasteiger partial charge in [0.1, 0.15) is 11.6 Å². The second-order valence-electron chi connectivity index (χ2n) is 6.94. The Kier molecular flexibility index (Phi) is 10.5. The number of nitrogens with zero attached hydrogens (tertiary/aromatic N) is 1. The van der Waals surface area contributed by atoms with Crippen molar-refractivity contribution in [1.82, 2.24) is 4.90 Å². The molecule has 0 aromatic heterocycles. The van der Waals surface area contributed by atoms with Gasteiger partial charge in [-0.2, -0.15) is 11.8 Å². The number of carbonyl (C=O) groups excluding carboxylic acids is 2. The third kappa shape index (κ3) is 9.53. The minimum absolute atomic E-state index is 0.120. The zero-order valence-corrected chi connectivity index (χ0v) is 16.7. The van der Waals surface area contributed by atoms with Crippen LogP contribution in [0.1, 0.15) is 47.0 Å². The maximum Gasteiger partial charge on any atom is 0.326 e. The first-order chi connectivity index (χ1) is 11.5. The Hall–Kier alpha value is -1.50. The number of thioether (sulfide) groups is 1. The van der Waals surface area contributed by atoms with E-state index in [4.69, 9.17) is 4.74 Å². The quantitative estimate of drug-likeness (QED) is 0.443. The number of carboxylic acids is 1. The SMILES string of the molecule is C=CCN(C(=O)[C@@H](C)CCC(=O)OC(C)(C)C)[C@@H](CCSC)C(=O)O. The van der Waals surface area contributed by atoms with E-state index in [0.29, 0.717) is 18.6 Å². The normalized spacial score (nSPS) is 13.6. The van der Waals surface area contributed by atoms with Crippen LogP contribution in [0.15, 0.2) is 12.7 Å². The third-order valence-electron chi connectivity index (χ3n) is 3.49. The summed E-state index contributed by atoms with van der Waals surface area (Å²) in [5, 5.41) is 9.46. The summed E-state index contributed by atoms with van der Waals surface area (Å²) in [5.41, 5.74) is -0.564. The average Bonchev–Trinajstić information content (AvgIpc) is 2.49. The van der Waals surface area contributed by atoms with Crippen molar-refractivity contribution in [1.29, 1.82) is 0 Å². The van der Waals surface area contributed by atoms with E-state index in [1.807, 2.05) is 6.26 Å². The van der Waals surface area contributed by atoms with Gasteiger partial charge < -0.3 is 14.7 Å². The Labute approximate surface area is 155 Å². The van der Waals surface area contributed by atoms with Gasteiger partial charge in [0.05, 0.1) is 0 Å². The summed E-state index contributed by atoms with van der Waals surface area (Å²) in [6.45, 7) is 10.8. The van der Waals surface area contributed by atoms with Gasteiger partial charge in [-0.3, -0.25) is 9.59 Å². The van der Waals surface area contributed by atoms with Crippen LogP contribution in [0.25, 0.3) is 0 Å². The molecule has 0 fully saturated rings. The molecule has 2 atom stereocenters. The minimum Gasteiger partial charge on any atom is -0.480 e. The van der Waals surface area contributed by atoms with E-state index >= 15 is 0 Å². The van der Waals surface area contributed by atoms with Crippen molar-refractivity contribution in [2.24, 2.45) is 5.92 Å². The van der Waals surface area contributed by atoms with Crippen molar-refractivity contribution < 1.29 is 24.2 Å². The highest BCUT2D eigenvalue weighted by Gasteiger charge is 2.31. The lowest BCUT2D eigenvalue weighted by molar-refractivity contribution is -0.156. The molecule has 0 spiro atoms. The van der Waals surface area contributed by atoms with Crippen molar-refractivity contribution in [2.75, 3.05) is 18.6 Å². The number of ether oxygens (including phenoxy) is 1. The van der Waals surface area contributed by atoms with Gasteiger partial charge in [-0.25, -0.2) is 4.79 Å². The summed E-state index contributed by atoms with van der Waals surface area (Å²) in [4.78, 5) is 37.4. The molecule has 0 rings (SSSR count). The summed E-state index contributed by atoms with van der Waals surface area (Å²) >= 11 is 1.53. The highest BCUT2D eigenvalue weighted by Crippen LogP contribution is 2.18. The summed E-state index contributed by atoms with van der Waals surface area (Å²) in [6.07, 6.45) is 4.22. The Balaban J connectivity index is 4.91. The maximum atomic E-state index is 12.7. The Bertz CT molecular complexity index is 473. The van der Waals surface area contributed by atoms with Crippen molar-refractivity contribution in [3.8, 4) is 0 Å². The monoisotopic (exact) mass is 373 g/mol. The van der Waals surface area contributed by atoms with E-state index in [2.05, 4.69) is 6.58 Å². The molecule has 0 aromatic carbocycles. The molecule has 0 heterocycles. The number of aliphatic carboxylic acids is 1. The molecule has 0 aromatic rings. The molecule has 0 saturated heterocycles. The van der Waals surface area contributed by atoms with Gasteiger partial charge in [0.2, 0.25) is 5.91 Å². The van der Waals surface area contributed by atoms with Crippen LogP contribution in [-0.2, 0) is 19.1 Å². The molecule has 1 N–H and O–H groups in total. The van der Waals surface area contributed by atoms with Crippen LogP contribution >= 0.6 is 11.8 Å². The third-order valence-corrected chi connectivity index (χ3v) is 4.13. The van der Waals surface area contributed by atoms with E-state index in [1.54, 1.807) is 27.7 Å². The van der Waals surface area contributed by atoms with Gasteiger partial charge in [0, 0.05) is 18.9 Å². The van der Waals surface area contributed by atoms with Crippen LogP contribution in [0.2, 0.25) is 0 Å². The van der Waals surface area contributed by atoms with Gasteiger partial charge in [-0.15, -0.1) is 6.58 Å². The van der Waals surface area contributed by atoms with Crippen LogP contribution in [0, 0.1) is 5.92 Å². The van der Waals surface area contributed by atoms with E-state index in [1.165, 1.54) is 22.7 Å². The van der Waals surface area contributed by atoms with E-state index < -0.39 is 23.5 Å². The van der Waals surface area contributed by atoms with Crippen LogP contribution in [0.5, 0.6) is 0 Å². The number of hydrogen-bond acceptors (Lipinski definition) is 5. The van der Waals surface area contributed by atoms with Crippen molar-refractivity contribution in [3.63, 3.8) is 0 Å². The topological polar surface area (TPSA) is 83.9 Å². The summed E-state index contributed by atoms with van der Waals surface area (Å²) in [6, 6.07) is -0.887. The predicted molar refractivity (Wildman–Crippen MR) is 101 cm³/mol. The molecular weight excluding hydrogens is 342 g/mol. The minimum atomic E-state index is -1.02. The molecule has 0 saturated carbocycles. The lowest BCUT2D eigenvalue weighted by atomic mass is 10.0. The zero-order valence-electron chi connectivity index (χ0n) is 15.9. The Morgan fingerprint density at radius 3 is 2.32 bits per heavy atom. The fourth-order valence-corrected chi connectivity index (χ4v) is 2.74. The molecular formula is C18H31NO5S. The molecule has 25 heavy (non-hydrogen) atoms. The van der Waals surface area contributed by atoms with Crippen molar-refractivity contribution in [2.45, 2.75) is 58.6 Å². The second-order valence-corrected chi connectivity index (χ2v) is 7.93. The molecule has 144 valence electrons. The smallest absolute Gasteiger partial charge is 0.326 e. The molecule has 0 aliphatic carbocycles. The van der Waals surface area contributed by atoms with Gasteiger partial charge in [-0.1, -0.05) is 13.0 Å². The fourth-order valence-electron chi connectivity index (χ4n) is 2.29. The van der Waals surface area contributed by atoms with Crippen LogP contribution in [0.3, 0.4) is 0 Å². The first-order valence-corrected chi connectivity index (χ1v) is 9.77. The van der Waals surface area contributed by atoms with Crippen molar-refractivity contribution >= 4 is 29.6 Å². The first-order valence-electron chi connectivity index (χ1n) is 8.38. The van der Waals surface area contributed by atoms with E-state index in [0.717, 1.165) is 0 Å². The summed E-state index contributed by atoms with van der Waals surface area (Å²) in [5.74, 6) is -1.49. The van der Waals surface area contributed by atoms with E-state index in [9.17, 15) is 19.5 Å². The average molecular weight is 374 g/mol. The lowest BCUT2D eigenvalue weighted by Gasteiger charge is -2.30. The van der Waals surface area contributed by atoms with Crippen LogP contribution < -0.4 is 0 Å². The second kappa shape index (κ2) is 11.2. The fraction of sp³-hybridized carbons (Fsp3) is 0.722. The highest BCUT2D eigenvalue weighted by molar-refractivity contribution is 7.98. The summed E-state index contributed by atoms with van der Waals surface area (Å²) < 4.78 is 5.24. The number of esters is 1. The number of amides is 1. The molecule has 7 heteroatoms. The van der Waals surface area contributed by atoms with Gasteiger partial charge in [0.15, 0.2) is 0 Å².